The number of para-hydroxylation sites is 1. The van der Waals surface area contributed by atoms with Crippen molar-refractivity contribution in [2.75, 3.05) is 11.9 Å². The minimum absolute atomic E-state index is 0.175. The van der Waals surface area contributed by atoms with Crippen LogP contribution in [0.5, 0.6) is 0 Å². The van der Waals surface area contributed by atoms with Crippen LogP contribution in [0.25, 0.3) is 6.08 Å². The summed E-state index contributed by atoms with van der Waals surface area (Å²) in [7, 11) is 0. The number of ketones is 1. The van der Waals surface area contributed by atoms with Crippen LogP contribution in [0.4, 0.5) is 5.69 Å². The van der Waals surface area contributed by atoms with E-state index in [1.54, 1.807) is 35.1 Å². The van der Waals surface area contributed by atoms with Gasteiger partial charge in [0.25, 0.3) is 5.91 Å². The van der Waals surface area contributed by atoms with Gasteiger partial charge in [-0.15, -0.1) is 5.10 Å². The number of carbonyl (C=O) groups is 3. The maximum atomic E-state index is 12.0. The maximum absolute atomic E-state index is 12.0. The number of esters is 1. The van der Waals surface area contributed by atoms with Gasteiger partial charge in [-0.3, -0.25) is 9.59 Å². The third kappa shape index (κ3) is 5.96. The van der Waals surface area contributed by atoms with Crippen LogP contribution in [0.15, 0.2) is 66.9 Å². The molecule has 3 aromatic rings. The lowest BCUT2D eigenvalue weighted by Gasteiger charge is -2.08. The van der Waals surface area contributed by atoms with Gasteiger partial charge in [0, 0.05) is 11.6 Å². The molecule has 0 aliphatic rings. The predicted molar refractivity (Wildman–Crippen MR) is 111 cm³/mol. The van der Waals surface area contributed by atoms with Crippen molar-refractivity contribution in [2.24, 2.45) is 0 Å². The number of nitrogens with zero attached hydrogens (tertiary/aromatic N) is 3. The molecule has 0 spiro atoms. The quantitative estimate of drug-likeness (QED) is 0.352. The van der Waals surface area contributed by atoms with Crippen molar-refractivity contribution in [1.29, 1.82) is 0 Å². The zero-order valence-electron chi connectivity index (χ0n) is 16.3. The van der Waals surface area contributed by atoms with Crippen molar-refractivity contribution in [3.05, 3.63) is 83.7 Å². The molecule has 152 valence electrons. The number of hydrogen-bond donors (Lipinski definition) is 1. The monoisotopic (exact) mass is 404 g/mol. The zero-order valence-corrected chi connectivity index (χ0v) is 16.3. The van der Waals surface area contributed by atoms with E-state index in [9.17, 15) is 14.4 Å². The highest BCUT2D eigenvalue weighted by molar-refractivity contribution is 6.04. The summed E-state index contributed by atoms with van der Waals surface area (Å²) >= 11 is 0. The molecule has 0 aliphatic heterocycles. The number of Topliss-reactive ketones (excluding diaryl/α,β-unsaturated/α-hetero) is 1. The average Bonchev–Trinajstić information content (AvgIpc) is 3.19. The second kappa shape index (κ2) is 9.92. The molecule has 0 bridgehead atoms. The molecule has 30 heavy (non-hydrogen) atoms. The van der Waals surface area contributed by atoms with Crippen LogP contribution in [0, 0.1) is 0 Å². The molecule has 1 amide bonds. The van der Waals surface area contributed by atoms with Gasteiger partial charge in [-0.1, -0.05) is 47.7 Å². The van der Waals surface area contributed by atoms with Crippen LogP contribution >= 0.6 is 0 Å². The van der Waals surface area contributed by atoms with Crippen molar-refractivity contribution in [1.82, 2.24) is 15.0 Å². The summed E-state index contributed by atoms with van der Waals surface area (Å²) in [5.74, 6) is -1.41. The Morgan fingerprint density at radius 1 is 1.07 bits per heavy atom. The molecule has 0 saturated carbocycles. The van der Waals surface area contributed by atoms with E-state index < -0.39 is 18.5 Å². The van der Waals surface area contributed by atoms with E-state index in [1.165, 1.54) is 19.1 Å². The Morgan fingerprint density at radius 2 is 1.80 bits per heavy atom. The molecule has 0 saturated heterocycles. The number of amides is 1. The largest absolute Gasteiger partial charge is 0.452 e. The first-order valence-electron chi connectivity index (χ1n) is 9.20. The van der Waals surface area contributed by atoms with Gasteiger partial charge >= 0.3 is 5.97 Å². The van der Waals surface area contributed by atoms with Gasteiger partial charge in [-0.2, -0.15) is 0 Å². The third-order valence-electron chi connectivity index (χ3n) is 4.06. The van der Waals surface area contributed by atoms with Gasteiger partial charge < -0.3 is 10.1 Å². The first-order valence-corrected chi connectivity index (χ1v) is 9.20. The third-order valence-corrected chi connectivity index (χ3v) is 4.06. The molecule has 0 aliphatic carbocycles. The first-order chi connectivity index (χ1) is 14.5. The topological polar surface area (TPSA) is 103 Å². The van der Waals surface area contributed by atoms with Crippen LogP contribution in [0.3, 0.4) is 0 Å². The summed E-state index contributed by atoms with van der Waals surface area (Å²) < 4.78 is 6.58. The van der Waals surface area contributed by atoms with E-state index >= 15 is 0 Å². The lowest BCUT2D eigenvalue weighted by molar-refractivity contribution is -0.142. The lowest BCUT2D eigenvalue weighted by atomic mass is 10.1. The van der Waals surface area contributed by atoms with E-state index in [2.05, 4.69) is 15.6 Å². The highest BCUT2D eigenvalue weighted by atomic mass is 16.5. The molecule has 0 fully saturated rings. The Hall–Kier alpha value is -4.07. The molecule has 8 heteroatoms. The molecule has 0 radical (unpaired) electrons. The number of rotatable bonds is 8. The summed E-state index contributed by atoms with van der Waals surface area (Å²) in [6.45, 7) is 1.50. The number of hydrogen-bond acceptors (Lipinski definition) is 6. The molecule has 1 heterocycles. The summed E-state index contributed by atoms with van der Waals surface area (Å²) in [6, 6.07) is 16.4. The van der Waals surface area contributed by atoms with Gasteiger partial charge in [0.2, 0.25) is 0 Å². The van der Waals surface area contributed by atoms with E-state index in [-0.39, 0.29) is 5.78 Å². The van der Waals surface area contributed by atoms with Crippen molar-refractivity contribution in [3.63, 3.8) is 0 Å². The minimum atomic E-state index is -0.692. The molecular weight excluding hydrogens is 384 g/mol. The van der Waals surface area contributed by atoms with Crippen LogP contribution in [-0.2, 0) is 20.9 Å². The first kappa shape index (κ1) is 20.7. The smallest absolute Gasteiger partial charge is 0.331 e. The average molecular weight is 404 g/mol. The summed E-state index contributed by atoms with van der Waals surface area (Å²) in [4.78, 5) is 35.4. The van der Waals surface area contributed by atoms with Crippen molar-refractivity contribution < 1.29 is 19.1 Å². The van der Waals surface area contributed by atoms with Gasteiger partial charge in [0.15, 0.2) is 12.4 Å². The predicted octanol–water partition coefficient (Wildman–Crippen LogP) is 2.72. The highest BCUT2D eigenvalue weighted by Crippen LogP contribution is 2.15. The van der Waals surface area contributed by atoms with E-state index in [4.69, 9.17) is 4.74 Å². The normalized spacial score (nSPS) is 10.7. The van der Waals surface area contributed by atoms with Crippen molar-refractivity contribution in [3.8, 4) is 0 Å². The summed E-state index contributed by atoms with van der Waals surface area (Å²) in [5.41, 5.74) is 2.32. The molecule has 1 aromatic heterocycles. The van der Waals surface area contributed by atoms with E-state index in [0.717, 1.165) is 5.56 Å². The molecular formula is C22H20N4O4. The molecule has 0 unspecified atom stereocenters. The fraction of sp³-hybridized carbons (Fsp3) is 0.136. The molecule has 3 rings (SSSR count). The van der Waals surface area contributed by atoms with Crippen molar-refractivity contribution in [2.45, 2.75) is 13.5 Å². The Labute approximate surface area is 173 Å². The SMILES string of the molecule is CC(=O)c1ccccc1NC(=O)COC(=O)/C=C/c1cn(Cc2ccccc2)nn1. The van der Waals surface area contributed by atoms with Gasteiger partial charge in [-0.25, -0.2) is 9.48 Å². The lowest BCUT2D eigenvalue weighted by Crippen LogP contribution is -2.21. The summed E-state index contributed by atoms with van der Waals surface area (Å²) in [5, 5.41) is 10.5. The number of anilines is 1. The van der Waals surface area contributed by atoms with Gasteiger partial charge in [0.1, 0.15) is 5.69 Å². The molecule has 8 nitrogen and oxygen atoms in total. The van der Waals surface area contributed by atoms with Gasteiger partial charge in [0.05, 0.1) is 18.4 Å². The molecule has 0 atom stereocenters. The maximum Gasteiger partial charge on any atom is 0.331 e. The fourth-order valence-corrected chi connectivity index (χ4v) is 2.66. The number of ether oxygens (including phenoxy) is 1. The molecule has 1 N–H and O–H groups in total. The van der Waals surface area contributed by atoms with Crippen LogP contribution in [0.1, 0.15) is 28.5 Å². The number of carbonyl (C=O) groups excluding carboxylic acids is 3. The second-order valence-corrected chi connectivity index (χ2v) is 6.42. The van der Waals surface area contributed by atoms with Crippen LogP contribution < -0.4 is 5.32 Å². The second-order valence-electron chi connectivity index (χ2n) is 6.42. The Balaban J connectivity index is 1.48. The van der Waals surface area contributed by atoms with E-state index in [0.29, 0.717) is 23.5 Å². The van der Waals surface area contributed by atoms with Crippen molar-refractivity contribution >= 4 is 29.4 Å². The number of benzene rings is 2. The molecule has 2 aromatic carbocycles. The Bertz CT molecular complexity index is 1070. The standard InChI is InChI=1S/C22H20N4O4/c1-16(27)19-9-5-6-10-20(19)23-21(28)15-30-22(29)12-11-18-14-26(25-24-18)13-17-7-3-2-4-8-17/h2-12,14H,13,15H2,1H3,(H,23,28)/b12-11+. The van der Waals surface area contributed by atoms with E-state index in [1.807, 2.05) is 30.3 Å². The van der Waals surface area contributed by atoms with Crippen LogP contribution in [-0.4, -0.2) is 39.3 Å². The Morgan fingerprint density at radius 3 is 2.57 bits per heavy atom. The van der Waals surface area contributed by atoms with Crippen LogP contribution in [0.2, 0.25) is 0 Å². The fourth-order valence-electron chi connectivity index (χ4n) is 2.66. The minimum Gasteiger partial charge on any atom is -0.452 e. The summed E-state index contributed by atoms with van der Waals surface area (Å²) in [6.07, 6.45) is 4.33. The van der Waals surface area contributed by atoms with Gasteiger partial charge in [-0.05, 0) is 30.7 Å². The Kier molecular flexibility index (Phi) is 6.83. The highest BCUT2D eigenvalue weighted by Gasteiger charge is 2.11. The number of aromatic nitrogens is 3. The zero-order chi connectivity index (χ0) is 21.3. The number of nitrogens with one attached hydrogen (secondary N) is 1.